The van der Waals surface area contributed by atoms with E-state index in [1.807, 2.05) is 30.3 Å². The maximum atomic E-state index is 13.2. The van der Waals surface area contributed by atoms with Crippen molar-refractivity contribution in [2.24, 2.45) is 0 Å². The Labute approximate surface area is 169 Å². The molecule has 1 atom stereocenters. The van der Waals surface area contributed by atoms with Gasteiger partial charge in [-0.25, -0.2) is 8.42 Å². The Balaban J connectivity index is 1.60. The average Bonchev–Trinajstić information content (AvgIpc) is 2.78. The molecule has 4 rings (SSSR count). The number of hydrogen-bond acceptors (Lipinski definition) is 4. The van der Waals surface area contributed by atoms with E-state index in [0.29, 0.717) is 18.0 Å². The van der Waals surface area contributed by atoms with Crippen LogP contribution in [0, 0.1) is 0 Å². The van der Waals surface area contributed by atoms with Gasteiger partial charge in [-0.2, -0.15) is 0 Å². The molecule has 0 fully saturated rings. The molecule has 1 amide bonds. The SMILES string of the molecule is O=C(NCc1ccccc1)[C@H]1CN(S(=O)(=O)c2ccccc2)c2ccccc2O1. The van der Waals surface area contributed by atoms with E-state index in [2.05, 4.69) is 5.32 Å². The summed E-state index contributed by atoms with van der Waals surface area (Å²) in [6, 6.07) is 24.5. The quantitative estimate of drug-likeness (QED) is 0.704. The second kappa shape index (κ2) is 7.97. The summed E-state index contributed by atoms with van der Waals surface area (Å²) in [5.74, 6) is -0.00487. The molecule has 0 saturated heterocycles. The van der Waals surface area contributed by atoms with Crippen molar-refractivity contribution in [3.63, 3.8) is 0 Å². The number of fused-ring (bicyclic) bond motifs is 1. The van der Waals surface area contributed by atoms with Gasteiger partial charge in [0.1, 0.15) is 5.75 Å². The van der Waals surface area contributed by atoms with Crippen LogP contribution in [0.2, 0.25) is 0 Å². The summed E-state index contributed by atoms with van der Waals surface area (Å²) >= 11 is 0. The van der Waals surface area contributed by atoms with Crippen LogP contribution >= 0.6 is 0 Å². The van der Waals surface area contributed by atoms with E-state index < -0.39 is 16.1 Å². The molecular formula is C22H20N2O4S. The first-order valence-corrected chi connectivity index (χ1v) is 10.6. The number of benzene rings is 3. The summed E-state index contributed by atoms with van der Waals surface area (Å²) in [5.41, 5.74) is 1.37. The first-order chi connectivity index (χ1) is 14.1. The fourth-order valence-corrected chi connectivity index (χ4v) is 4.68. The van der Waals surface area contributed by atoms with E-state index in [-0.39, 0.29) is 17.3 Å². The van der Waals surface area contributed by atoms with Crippen LogP contribution in [0.1, 0.15) is 5.56 Å². The van der Waals surface area contributed by atoms with Crippen molar-refractivity contribution in [1.29, 1.82) is 0 Å². The molecule has 1 heterocycles. The highest BCUT2D eigenvalue weighted by Gasteiger charge is 2.37. The number of carbonyl (C=O) groups excluding carboxylic acids is 1. The third-order valence-electron chi connectivity index (χ3n) is 4.67. The van der Waals surface area contributed by atoms with Crippen LogP contribution in [0.25, 0.3) is 0 Å². The molecule has 1 aliphatic rings. The Hall–Kier alpha value is -3.32. The lowest BCUT2D eigenvalue weighted by atomic mass is 10.2. The topological polar surface area (TPSA) is 75.7 Å². The summed E-state index contributed by atoms with van der Waals surface area (Å²) in [6.45, 7) is 0.238. The van der Waals surface area contributed by atoms with Gasteiger partial charge in [0.05, 0.1) is 17.1 Å². The molecule has 6 nitrogen and oxygen atoms in total. The van der Waals surface area contributed by atoms with Gasteiger partial charge < -0.3 is 10.1 Å². The lowest BCUT2D eigenvalue weighted by Crippen LogP contribution is -2.50. The number of sulfonamides is 1. The Morgan fingerprint density at radius 2 is 1.55 bits per heavy atom. The second-order valence-electron chi connectivity index (χ2n) is 6.63. The maximum absolute atomic E-state index is 13.2. The number of carbonyl (C=O) groups is 1. The summed E-state index contributed by atoms with van der Waals surface area (Å²) in [5, 5.41) is 2.83. The van der Waals surface area contributed by atoms with Crippen LogP contribution in [0.4, 0.5) is 5.69 Å². The minimum atomic E-state index is -3.84. The standard InChI is InChI=1S/C22H20N2O4S/c25-22(23-15-17-9-3-1-4-10-17)21-16-24(19-13-7-8-14-20(19)28-21)29(26,27)18-11-5-2-6-12-18/h1-14,21H,15-16H2,(H,23,25)/t21-/m1/s1. The number of nitrogens with one attached hydrogen (secondary N) is 1. The first-order valence-electron chi connectivity index (χ1n) is 9.21. The van der Waals surface area contributed by atoms with E-state index >= 15 is 0 Å². The van der Waals surface area contributed by atoms with Crippen molar-refractivity contribution >= 4 is 21.6 Å². The molecule has 7 heteroatoms. The minimum absolute atomic E-state index is 0.102. The van der Waals surface area contributed by atoms with E-state index in [1.165, 1.54) is 16.4 Å². The normalized spacial score (nSPS) is 15.9. The van der Waals surface area contributed by atoms with E-state index in [4.69, 9.17) is 4.74 Å². The van der Waals surface area contributed by atoms with Gasteiger partial charge in [-0.3, -0.25) is 9.10 Å². The van der Waals surface area contributed by atoms with Gasteiger partial charge in [-0.05, 0) is 29.8 Å². The number of para-hydroxylation sites is 2. The van der Waals surface area contributed by atoms with Gasteiger partial charge in [-0.15, -0.1) is 0 Å². The van der Waals surface area contributed by atoms with Crippen molar-refractivity contribution in [2.45, 2.75) is 17.5 Å². The van der Waals surface area contributed by atoms with Crippen molar-refractivity contribution < 1.29 is 17.9 Å². The molecule has 0 bridgehead atoms. The van der Waals surface area contributed by atoms with Crippen LogP contribution in [-0.4, -0.2) is 27.0 Å². The number of hydrogen-bond donors (Lipinski definition) is 1. The van der Waals surface area contributed by atoms with E-state index in [0.717, 1.165) is 5.56 Å². The average molecular weight is 408 g/mol. The summed E-state index contributed by atoms with van der Waals surface area (Å²) in [7, 11) is -3.84. The number of amides is 1. The fourth-order valence-electron chi connectivity index (χ4n) is 3.18. The van der Waals surface area contributed by atoms with Crippen molar-refractivity contribution in [3.8, 4) is 5.75 Å². The minimum Gasteiger partial charge on any atom is -0.476 e. The second-order valence-corrected chi connectivity index (χ2v) is 8.49. The molecule has 3 aromatic rings. The Kier molecular flexibility index (Phi) is 5.22. The molecule has 0 radical (unpaired) electrons. The molecule has 148 valence electrons. The Morgan fingerprint density at radius 1 is 0.931 bits per heavy atom. The lowest BCUT2D eigenvalue weighted by molar-refractivity contribution is -0.127. The number of rotatable bonds is 5. The molecule has 0 unspecified atom stereocenters. The lowest BCUT2D eigenvalue weighted by Gasteiger charge is -2.34. The van der Waals surface area contributed by atoms with Gasteiger partial charge in [-0.1, -0.05) is 60.7 Å². The van der Waals surface area contributed by atoms with Gasteiger partial charge >= 0.3 is 0 Å². The van der Waals surface area contributed by atoms with Crippen LogP contribution in [0.15, 0.2) is 89.8 Å². The summed E-state index contributed by atoms with van der Waals surface area (Å²) in [6.07, 6.45) is -0.952. The molecule has 0 saturated carbocycles. The largest absolute Gasteiger partial charge is 0.476 e. The smallest absolute Gasteiger partial charge is 0.264 e. The highest BCUT2D eigenvalue weighted by atomic mass is 32.2. The van der Waals surface area contributed by atoms with Crippen LogP contribution in [0.3, 0.4) is 0 Å². The van der Waals surface area contributed by atoms with Crippen LogP contribution in [-0.2, 0) is 21.4 Å². The fraction of sp³-hybridized carbons (Fsp3) is 0.136. The van der Waals surface area contributed by atoms with Gasteiger partial charge in [0.15, 0.2) is 6.10 Å². The zero-order chi connectivity index (χ0) is 20.3. The van der Waals surface area contributed by atoms with E-state index in [1.54, 1.807) is 42.5 Å². The maximum Gasteiger partial charge on any atom is 0.264 e. The van der Waals surface area contributed by atoms with E-state index in [9.17, 15) is 13.2 Å². The highest BCUT2D eigenvalue weighted by Crippen LogP contribution is 2.36. The monoisotopic (exact) mass is 408 g/mol. The van der Waals surface area contributed by atoms with Crippen molar-refractivity contribution in [3.05, 3.63) is 90.5 Å². The third-order valence-corrected chi connectivity index (χ3v) is 6.46. The zero-order valence-corrected chi connectivity index (χ0v) is 16.4. The zero-order valence-electron chi connectivity index (χ0n) is 15.6. The molecule has 29 heavy (non-hydrogen) atoms. The van der Waals surface area contributed by atoms with Crippen LogP contribution in [0.5, 0.6) is 5.75 Å². The Bertz CT molecular complexity index is 1100. The van der Waals surface area contributed by atoms with Gasteiger partial charge in [0.2, 0.25) is 0 Å². The third kappa shape index (κ3) is 3.95. The number of anilines is 1. The predicted octanol–water partition coefficient (Wildman–Crippen LogP) is 2.96. The molecule has 3 aromatic carbocycles. The number of ether oxygens (including phenoxy) is 1. The van der Waals surface area contributed by atoms with Gasteiger partial charge in [0, 0.05) is 6.54 Å². The molecule has 1 aliphatic heterocycles. The molecular weight excluding hydrogens is 388 g/mol. The van der Waals surface area contributed by atoms with Gasteiger partial charge in [0.25, 0.3) is 15.9 Å². The molecule has 0 aromatic heterocycles. The molecule has 0 aliphatic carbocycles. The van der Waals surface area contributed by atoms with Crippen LogP contribution < -0.4 is 14.4 Å². The van der Waals surface area contributed by atoms with Crippen molar-refractivity contribution in [1.82, 2.24) is 5.32 Å². The molecule has 1 N–H and O–H groups in total. The predicted molar refractivity (Wildman–Crippen MR) is 110 cm³/mol. The Morgan fingerprint density at radius 3 is 2.28 bits per heavy atom. The molecule has 0 spiro atoms. The summed E-state index contributed by atoms with van der Waals surface area (Å²) < 4.78 is 33.5. The summed E-state index contributed by atoms with van der Waals surface area (Å²) in [4.78, 5) is 12.9. The highest BCUT2D eigenvalue weighted by molar-refractivity contribution is 7.92. The number of nitrogens with zero attached hydrogens (tertiary/aromatic N) is 1. The first kappa shape index (κ1) is 19.0. The van der Waals surface area contributed by atoms with Crippen molar-refractivity contribution in [2.75, 3.05) is 10.8 Å².